The minimum atomic E-state index is -0.652. The van der Waals surface area contributed by atoms with E-state index < -0.39 is 11.6 Å². The van der Waals surface area contributed by atoms with Crippen molar-refractivity contribution in [2.45, 2.75) is 25.8 Å². The van der Waals surface area contributed by atoms with Gasteiger partial charge in [0, 0.05) is 24.0 Å². The molecular weight excluding hydrogens is 376 g/mol. The van der Waals surface area contributed by atoms with Gasteiger partial charge in [-0.3, -0.25) is 9.36 Å². The first-order valence-electron chi connectivity index (χ1n) is 9.57. The molecule has 1 aliphatic heterocycles. The Bertz CT molecular complexity index is 1300. The maximum absolute atomic E-state index is 15.0. The van der Waals surface area contributed by atoms with Gasteiger partial charge in [0.1, 0.15) is 11.2 Å². The Kier molecular flexibility index (Phi) is 4.16. The van der Waals surface area contributed by atoms with Gasteiger partial charge in [0.25, 0.3) is 5.56 Å². The number of aromatic nitrogens is 4. The molecule has 1 N–H and O–H groups in total. The van der Waals surface area contributed by atoms with E-state index in [-0.39, 0.29) is 28.2 Å². The SMILES string of the molecule is Cc1cn2cc(-c3cc(F)c4c(=O)n(C5CCNCC5)cnc4c3)cc(F)c2n1. The highest BCUT2D eigenvalue weighted by Crippen LogP contribution is 2.27. The normalized spacial score (nSPS) is 15.4. The molecule has 1 saturated heterocycles. The molecule has 4 aromatic rings. The Morgan fingerprint density at radius 1 is 1.07 bits per heavy atom. The molecule has 0 amide bonds. The first-order valence-corrected chi connectivity index (χ1v) is 9.57. The third-order valence-corrected chi connectivity index (χ3v) is 5.50. The van der Waals surface area contributed by atoms with Crippen molar-refractivity contribution >= 4 is 16.6 Å². The number of rotatable bonds is 2. The van der Waals surface area contributed by atoms with Crippen LogP contribution in [0.3, 0.4) is 0 Å². The molecule has 0 spiro atoms. The van der Waals surface area contributed by atoms with Crippen molar-refractivity contribution in [3.8, 4) is 11.1 Å². The van der Waals surface area contributed by atoms with Gasteiger partial charge in [-0.05, 0) is 56.6 Å². The number of piperidine rings is 1. The lowest BCUT2D eigenvalue weighted by Crippen LogP contribution is -2.34. The molecule has 148 valence electrons. The predicted octanol–water partition coefficient (Wildman–Crippen LogP) is 3.22. The zero-order valence-electron chi connectivity index (χ0n) is 15.8. The fraction of sp³-hybridized carbons (Fsp3) is 0.286. The minimum Gasteiger partial charge on any atom is -0.317 e. The molecule has 1 aliphatic rings. The quantitative estimate of drug-likeness (QED) is 0.566. The van der Waals surface area contributed by atoms with E-state index in [0.717, 1.165) is 25.9 Å². The van der Waals surface area contributed by atoms with Crippen molar-refractivity contribution in [2.24, 2.45) is 0 Å². The standard InChI is InChI=1S/C21H19F2N5O/c1-12-9-27-10-14(7-17(23)20(27)26-12)13-6-16(22)19-18(8-13)25-11-28(21(19)29)15-2-4-24-5-3-15/h6-11,15,24H,2-5H2,1H3. The lowest BCUT2D eigenvalue weighted by molar-refractivity contribution is 0.359. The molecule has 3 aromatic heterocycles. The average molecular weight is 395 g/mol. The second kappa shape index (κ2) is 6.73. The van der Waals surface area contributed by atoms with E-state index in [2.05, 4.69) is 15.3 Å². The number of fused-ring (bicyclic) bond motifs is 2. The summed E-state index contributed by atoms with van der Waals surface area (Å²) in [5.74, 6) is -1.15. The maximum atomic E-state index is 15.0. The second-order valence-corrected chi connectivity index (χ2v) is 7.48. The highest BCUT2D eigenvalue weighted by molar-refractivity contribution is 5.84. The van der Waals surface area contributed by atoms with Crippen molar-refractivity contribution in [3.63, 3.8) is 0 Å². The maximum Gasteiger partial charge on any atom is 0.264 e. The van der Waals surface area contributed by atoms with Gasteiger partial charge in [-0.15, -0.1) is 0 Å². The summed E-state index contributed by atoms with van der Waals surface area (Å²) in [7, 11) is 0. The largest absolute Gasteiger partial charge is 0.317 e. The summed E-state index contributed by atoms with van der Waals surface area (Å²) in [6, 6.07) is 4.22. The third kappa shape index (κ3) is 3.00. The van der Waals surface area contributed by atoms with Gasteiger partial charge in [0.2, 0.25) is 0 Å². The number of aryl methyl sites for hydroxylation is 1. The molecule has 0 radical (unpaired) electrons. The minimum absolute atomic E-state index is 0.0145. The van der Waals surface area contributed by atoms with Gasteiger partial charge < -0.3 is 9.72 Å². The zero-order valence-corrected chi connectivity index (χ0v) is 15.8. The summed E-state index contributed by atoms with van der Waals surface area (Å²) in [4.78, 5) is 21.4. The molecule has 0 unspecified atom stereocenters. The number of nitrogens with one attached hydrogen (secondary N) is 1. The molecule has 6 nitrogen and oxygen atoms in total. The van der Waals surface area contributed by atoms with Crippen LogP contribution in [0.5, 0.6) is 0 Å². The van der Waals surface area contributed by atoms with Crippen LogP contribution in [0.4, 0.5) is 8.78 Å². The highest BCUT2D eigenvalue weighted by atomic mass is 19.1. The molecule has 0 atom stereocenters. The lowest BCUT2D eigenvalue weighted by Gasteiger charge is -2.24. The van der Waals surface area contributed by atoms with Crippen molar-refractivity contribution in [1.82, 2.24) is 24.3 Å². The Morgan fingerprint density at radius 3 is 2.62 bits per heavy atom. The van der Waals surface area contributed by atoms with E-state index >= 15 is 0 Å². The van der Waals surface area contributed by atoms with Crippen LogP contribution in [0.15, 0.2) is 41.7 Å². The number of imidazole rings is 1. The summed E-state index contributed by atoms with van der Waals surface area (Å²) in [6.45, 7) is 3.41. The Hall–Kier alpha value is -3.13. The molecule has 8 heteroatoms. The Balaban J connectivity index is 1.64. The van der Waals surface area contributed by atoms with Gasteiger partial charge in [-0.1, -0.05) is 0 Å². The average Bonchev–Trinajstić information content (AvgIpc) is 3.09. The number of benzene rings is 1. The van der Waals surface area contributed by atoms with E-state index in [1.165, 1.54) is 23.0 Å². The van der Waals surface area contributed by atoms with Crippen molar-refractivity contribution in [2.75, 3.05) is 13.1 Å². The molecule has 5 rings (SSSR count). The van der Waals surface area contributed by atoms with Crippen LogP contribution in [-0.4, -0.2) is 32.0 Å². The molecule has 1 aromatic carbocycles. The van der Waals surface area contributed by atoms with Crippen molar-refractivity contribution < 1.29 is 8.78 Å². The summed E-state index contributed by atoms with van der Waals surface area (Å²) in [5.41, 5.74) is 1.72. The number of pyridine rings is 1. The predicted molar refractivity (Wildman–Crippen MR) is 106 cm³/mol. The molecule has 0 aliphatic carbocycles. The zero-order chi connectivity index (χ0) is 20.1. The van der Waals surface area contributed by atoms with E-state index in [9.17, 15) is 13.6 Å². The van der Waals surface area contributed by atoms with Crippen LogP contribution in [0.2, 0.25) is 0 Å². The van der Waals surface area contributed by atoms with Crippen molar-refractivity contribution in [1.29, 1.82) is 0 Å². The van der Waals surface area contributed by atoms with Crippen LogP contribution in [0.25, 0.3) is 27.7 Å². The van der Waals surface area contributed by atoms with E-state index in [1.54, 1.807) is 29.8 Å². The third-order valence-electron chi connectivity index (χ3n) is 5.50. The van der Waals surface area contributed by atoms with E-state index in [4.69, 9.17) is 0 Å². The van der Waals surface area contributed by atoms with E-state index in [0.29, 0.717) is 16.8 Å². The number of halogens is 2. The smallest absolute Gasteiger partial charge is 0.264 e. The number of nitrogens with zero attached hydrogens (tertiary/aromatic N) is 4. The number of hydrogen-bond donors (Lipinski definition) is 1. The first-order chi connectivity index (χ1) is 14.0. The van der Waals surface area contributed by atoms with Crippen LogP contribution >= 0.6 is 0 Å². The monoisotopic (exact) mass is 395 g/mol. The topological polar surface area (TPSA) is 64.2 Å². The molecule has 0 saturated carbocycles. The second-order valence-electron chi connectivity index (χ2n) is 7.48. The molecular formula is C21H19F2N5O. The Morgan fingerprint density at radius 2 is 1.83 bits per heavy atom. The fourth-order valence-corrected chi connectivity index (χ4v) is 4.06. The van der Waals surface area contributed by atoms with Gasteiger partial charge in [-0.2, -0.15) is 0 Å². The summed E-state index contributed by atoms with van der Waals surface area (Å²) in [5, 5.41) is 3.22. The lowest BCUT2D eigenvalue weighted by atomic mass is 10.0. The van der Waals surface area contributed by atoms with Gasteiger partial charge in [-0.25, -0.2) is 18.7 Å². The summed E-state index contributed by atoms with van der Waals surface area (Å²) >= 11 is 0. The molecule has 0 bridgehead atoms. The van der Waals surface area contributed by atoms with Crippen LogP contribution < -0.4 is 10.9 Å². The van der Waals surface area contributed by atoms with Crippen LogP contribution in [0.1, 0.15) is 24.6 Å². The number of hydrogen-bond acceptors (Lipinski definition) is 4. The van der Waals surface area contributed by atoms with Crippen LogP contribution in [-0.2, 0) is 0 Å². The highest BCUT2D eigenvalue weighted by Gasteiger charge is 2.20. The Labute approximate surface area is 164 Å². The summed E-state index contributed by atoms with van der Waals surface area (Å²) < 4.78 is 32.5. The molecule has 1 fully saturated rings. The van der Waals surface area contributed by atoms with Gasteiger partial charge in [0.05, 0.1) is 17.5 Å². The fourth-order valence-electron chi connectivity index (χ4n) is 4.06. The van der Waals surface area contributed by atoms with Gasteiger partial charge >= 0.3 is 0 Å². The van der Waals surface area contributed by atoms with Crippen molar-refractivity contribution in [3.05, 3.63) is 64.6 Å². The van der Waals surface area contributed by atoms with Crippen LogP contribution in [0, 0.1) is 18.6 Å². The first kappa shape index (κ1) is 17.9. The van der Waals surface area contributed by atoms with E-state index in [1.807, 2.05) is 0 Å². The summed E-state index contributed by atoms with van der Waals surface area (Å²) in [6.07, 6.45) is 6.49. The van der Waals surface area contributed by atoms with Gasteiger partial charge in [0.15, 0.2) is 11.5 Å². The molecule has 29 heavy (non-hydrogen) atoms. The molecule has 4 heterocycles.